The fourth-order valence-electron chi connectivity index (χ4n) is 0.883. The zero-order valence-corrected chi connectivity index (χ0v) is 8.13. The van der Waals surface area contributed by atoms with E-state index in [-0.39, 0.29) is 6.61 Å². The number of aliphatic hydroxyl groups excluding tert-OH is 1. The average molecular weight is 225 g/mol. The fraction of sp³-hybridized carbons (Fsp3) is 0.200. The zero-order valence-electron chi connectivity index (χ0n) is 6.55. The van der Waals surface area contributed by atoms with E-state index in [1.54, 1.807) is 0 Å². The van der Waals surface area contributed by atoms with Crippen LogP contribution in [-0.4, -0.2) is 10.4 Å². The third-order valence-corrected chi connectivity index (χ3v) is 1.69. The van der Waals surface area contributed by atoms with Crippen LogP contribution < -0.4 is 0 Å². The molecule has 0 heterocycles. The van der Waals surface area contributed by atoms with Gasteiger partial charge in [0.25, 0.3) is 0 Å². The van der Waals surface area contributed by atoms with E-state index in [0.717, 1.165) is 11.1 Å². The summed E-state index contributed by atoms with van der Waals surface area (Å²) < 4.78 is 0. The molecule has 1 aromatic rings. The van der Waals surface area contributed by atoms with Crippen LogP contribution in [0.3, 0.4) is 0 Å². The molecule has 1 aromatic carbocycles. The van der Waals surface area contributed by atoms with Crippen LogP contribution in [0.15, 0.2) is 24.3 Å². The highest BCUT2D eigenvalue weighted by Crippen LogP contribution is 2.03. The van der Waals surface area contributed by atoms with Crippen LogP contribution >= 0.6 is 15.9 Å². The van der Waals surface area contributed by atoms with E-state index >= 15 is 0 Å². The van der Waals surface area contributed by atoms with Crippen LogP contribution in [0.25, 0.3) is 0 Å². The second kappa shape index (κ2) is 4.97. The molecule has 0 amide bonds. The first-order chi connectivity index (χ1) is 5.86. The van der Waals surface area contributed by atoms with E-state index in [4.69, 9.17) is 5.11 Å². The third kappa shape index (κ3) is 2.69. The van der Waals surface area contributed by atoms with Gasteiger partial charge in [0.05, 0.1) is 11.9 Å². The molecule has 0 saturated heterocycles. The number of halogens is 1. The summed E-state index contributed by atoms with van der Waals surface area (Å²) in [5.41, 5.74) is 1.84. The molecular formula is C10H9BrO. The molecule has 1 N–H and O–H groups in total. The minimum absolute atomic E-state index is 0.0732. The maximum atomic E-state index is 8.83. The van der Waals surface area contributed by atoms with Crippen molar-refractivity contribution in [3.05, 3.63) is 35.4 Å². The van der Waals surface area contributed by atoms with Gasteiger partial charge in [0.2, 0.25) is 0 Å². The molecule has 2 heteroatoms. The summed E-state index contributed by atoms with van der Waals surface area (Å²) in [6.45, 7) is 0.0732. The van der Waals surface area contributed by atoms with Crippen molar-refractivity contribution in [1.29, 1.82) is 0 Å². The average Bonchev–Trinajstić information content (AvgIpc) is 2.15. The van der Waals surface area contributed by atoms with E-state index < -0.39 is 0 Å². The molecule has 0 aromatic heterocycles. The van der Waals surface area contributed by atoms with E-state index in [1.807, 2.05) is 24.3 Å². The van der Waals surface area contributed by atoms with Crippen LogP contribution in [0.4, 0.5) is 0 Å². The van der Waals surface area contributed by atoms with E-state index in [2.05, 4.69) is 27.8 Å². The molecule has 0 spiro atoms. The predicted molar refractivity (Wildman–Crippen MR) is 53.0 cm³/mol. The fourth-order valence-corrected chi connectivity index (χ4v) is 1.02. The van der Waals surface area contributed by atoms with Crippen molar-refractivity contribution in [3.63, 3.8) is 0 Å². The van der Waals surface area contributed by atoms with Crippen molar-refractivity contribution in [3.8, 4) is 11.8 Å². The summed E-state index contributed by atoms with van der Waals surface area (Å²) in [6, 6.07) is 7.58. The molecule has 0 fully saturated rings. The Morgan fingerprint density at radius 3 is 2.92 bits per heavy atom. The number of alkyl halides is 1. The Morgan fingerprint density at radius 1 is 1.42 bits per heavy atom. The Kier molecular flexibility index (Phi) is 3.86. The molecule has 0 aliphatic heterocycles. The summed E-state index contributed by atoms with van der Waals surface area (Å²) in [6.07, 6.45) is 0. The monoisotopic (exact) mass is 224 g/mol. The molecule has 0 saturated carbocycles. The minimum atomic E-state index is 0.0732. The van der Waals surface area contributed by atoms with E-state index in [0.29, 0.717) is 5.33 Å². The zero-order chi connectivity index (χ0) is 8.81. The molecule has 0 aliphatic carbocycles. The molecule has 0 unspecified atom stereocenters. The number of rotatable bonds is 1. The van der Waals surface area contributed by atoms with Gasteiger partial charge < -0.3 is 5.11 Å². The Morgan fingerprint density at radius 2 is 2.25 bits per heavy atom. The Bertz CT molecular complexity index is 309. The Balaban J connectivity index is 2.86. The normalized spacial score (nSPS) is 8.83. The first kappa shape index (κ1) is 9.31. The first-order valence-corrected chi connectivity index (χ1v) is 4.73. The van der Waals surface area contributed by atoms with Crippen LogP contribution in [0, 0.1) is 11.8 Å². The van der Waals surface area contributed by atoms with Crippen LogP contribution in [0.2, 0.25) is 0 Å². The largest absolute Gasteiger partial charge is 0.392 e. The first-order valence-electron chi connectivity index (χ1n) is 3.61. The van der Waals surface area contributed by atoms with Crippen molar-refractivity contribution in [1.82, 2.24) is 0 Å². The number of benzene rings is 1. The van der Waals surface area contributed by atoms with Crippen LogP contribution in [0.5, 0.6) is 0 Å². The lowest BCUT2D eigenvalue weighted by molar-refractivity contribution is 0.282. The molecule has 12 heavy (non-hydrogen) atoms. The van der Waals surface area contributed by atoms with Gasteiger partial charge in [-0.1, -0.05) is 39.9 Å². The molecule has 1 rings (SSSR count). The van der Waals surface area contributed by atoms with Gasteiger partial charge in [-0.3, -0.25) is 0 Å². The summed E-state index contributed by atoms with van der Waals surface area (Å²) in [5.74, 6) is 5.86. The van der Waals surface area contributed by atoms with Crippen molar-refractivity contribution in [2.75, 3.05) is 5.33 Å². The maximum Gasteiger partial charge on any atom is 0.0682 e. The van der Waals surface area contributed by atoms with Crippen molar-refractivity contribution >= 4 is 15.9 Å². The summed E-state index contributed by atoms with van der Waals surface area (Å²) in [4.78, 5) is 0. The highest BCUT2D eigenvalue weighted by molar-refractivity contribution is 9.09. The predicted octanol–water partition coefficient (Wildman–Crippen LogP) is 1.93. The van der Waals surface area contributed by atoms with Gasteiger partial charge in [-0.2, -0.15) is 0 Å². The smallest absolute Gasteiger partial charge is 0.0682 e. The molecule has 0 aliphatic rings. The quantitative estimate of drug-likeness (QED) is 0.571. The van der Waals surface area contributed by atoms with Crippen LogP contribution in [0.1, 0.15) is 11.1 Å². The third-order valence-electron chi connectivity index (χ3n) is 1.41. The summed E-state index contributed by atoms with van der Waals surface area (Å²) >= 11 is 3.22. The number of hydrogen-bond donors (Lipinski definition) is 1. The highest BCUT2D eigenvalue weighted by Gasteiger charge is 1.89. The van der Waals surface area contributed by atoms with Gasteiger partial charge >= 0.3 is 0 Å². The second-order valence-corrected chi connectivity index (χ2v) is 2.85. The Labute approximate surface area is 80.6 Å². The number of aliphatic hydroxyl groups is 1. The number of hydrogen-bond acceptors (Lipinski definition) is 1. The lowest BCUT2D eigenvalue weighted by Gasteiger charge is -1.94. The SMILES string of the molecule is OCc1cccc(C#CCBr)c1. The van der Waals surface area contributed by atoms with Crippen molar-refractivity contribution in [2.45, 2.75) is 6.61 Å². The van der Waals surface area contributed by atoms with Gasteiger partial charge in [0, 0.05) is 5.56 Å². The van der Waals surface area contributed by atoms with Gasteiger partial charge in [0.15, 0.2) is 0 Å². The van der Waals surface area contributed by atoms with Gasteiger partial charge in [-0.25, -0.2) is 0 Å². The van der Waals surface area contributed by atoms with Gasteiger partial charge in [-0.15, -0.1) is 0 Å². The van der Waals surface area contributed by atoms with E-state index in [9.17, 15) is 0 Å². The highest BCUT2D eigenvalue weighted by atomic mass is 79.9. The molecule has 62 valence electrons. The molecular weight excluding hydrogens is 216 g/mol. The second-order valence-electron chi connectivity index (χ2n) is 2.29. The summed E-state index contributed by atoms with van der Waals surface area (Å²) in [7, 11) is 0. The van der Waals surface area contributed by atoms with Crippen molar-refractivity contribution < 1.29 is 5.11 Å². The van der Waals surface area contributed by atoms with E-state index in [1.165, 1.54) is 0 Å². The van der Waals surface area contributed by atoms with Crippen molar-refractivity contribution in [2.24, 2.45) is 0 Å². The molecule has 0 bridgehead atoms. The molecule has 1 nitrogen and oxygen atoms in total. The molecule has 0 atom stereocenters. The standard InChI is InChI=1S/C10H9BrO/c11-6-2-5-9-3-1-4-10(7-9)8-12/h1,3-4,7,12H,6,8H2. The van der Waals surface area contributed by atoms with Gasteiger partial charge in [0.1, 0.15) is 0 Å². The summed E-state index contributed by atoms with van der Waals surface area (Å²) in [5, 5.41) is 9.51. The lowest BCUT2D eigenvalue weighted by atomic mass is 10.1. The minimum Gasteiger partial charge on any atom is -0.392 e. The Hall–Kier alpha value is -0.780. The maximum absolute atomic E-state index is 8.83. The van der Waals surface area contributed by atoms with Crippen LogP contribution in [-0.2, 0) is 6.61 Å². The lowest BCUT2D eigenvalue weighted by Crippen LogP contribution is -1.83. The molecule has 0 radical (unpaired) electrons. The van der Waals surface area contributed by atoms with Gasteiger partial charge in [-0.05, 0) is 17.7 Å². The topological polar surface area (TPSA) is 20.2 Å².